The Bertz CT molecular complexity index is 674. The molecule has 0 spiro atoms. The van der Waals surface area contributed by atoms with E-state index in [2.05, 4.69) is 0 Å². The van der Waals surface area contributed by atoms with E-state index in [1.807, 2.05) is 6.07 Å². The normalized spacial score (nSPS) is 10.3. The zero-order valence-electron chi connectivity index (χ0n) is 11.4. The third-order valence-electron chi connectivity index (χ3n) is 2.70. The zero-order chi connectivity index (χ0) is 15.9. The van der Waals surface area contributed by atoms with Crippen LogP contribution in [0.15, 0.2) is 53.4 Å². The van der Waals surface area contributed by atoms with Crippen molar-refractivity contribution in [1.82, 2.24) is 0 Å². The van der Waals surface area contributed by atoms with E-state index in [0.717, 1.165) is 0 Å². The molecular weight excluding hydrogens is 343 g/mol. The molecule has 0 saturated carbocycles. The summed E-state index contributed by atoms with van der Waals surface area (Å²) in [5.74, 6) is -0.660. The highest BCUT2D eigenvalue weighted by Crippen LogP contribution is 2.29. The minimum atomic E-state index is -0.481. The van der Waals surface area contributed by atoms with Gasteiger partial charge in [0, 0.05) is 15.5 Å². The Labute approximate surface area is 142 Å². The monoisotopic (exact) mass is 354 g/mol. The Kier molecular flexibility index (Phi) is 6.31. The first kappa shape index (κ1) is 16.9. The van der Waals surface area contributed by atoms with Gasteiger partial charge in [-0.2, -0.15) is 0 Å². The van der Waals surface area contributed by atoms with Crippen molar-refractivity contribution in [2.24, 2.45) is 0 Å². The van der Waals surface area contributed by atoms with Gasteiger partial charge in [0.15, 0.2) is 12.4 Å². The first-order valence-corrected chi connectivity index (χ1v) is 8.12. The quantitative estimate of drug-likeness (QED) is 0.434. The molecule has 0 fully saturated rings. The molecule has 0 saturated heterocycles. The van der Waals surface area contributed by atoms with Crippen molar-refractivity contribution < 1.29 is 14.3 Å². The Balaban J connectivity index is 1.81. The number of ether oxygens (including phenoxy) is 1. The lowest BCUT2D eigenvalue weighted by atomic mass is 10.1. The number of thioether (sulfide) groups is 1. The number of ketones is 1. The molecule has 0 aliphatic heterocycles. The second-order valence-electron chi connectivity index (χ2n) is 4.31. The van der Waals surface area contributed by atoms with Crippen LogP contribution in [-0.4, -0.2) is 24.1 Å². The number of hydrogen-bond acceptors (Lipinski definition) is 4. The van der Waals surface area contributed by atoms with Crippen LogP contribution in [0, 0.1) is 0 Å². The molecular formula is C16H12Cl2O3S. The SMILES string of the molecule is O=C(CSc1cc(Cl)ccc1Cl)OCC(=O)c1ccccc1. The van der Waals surface area contributed by atoms with E-state index in [9.17, 15) is 9.59 Å². The number of benzene rings is 2. The van der Waals surface area contributed by atoms with Crippen LogP contribution in [0.5, 0.6) is 0 Å². The van der Waals surface area contributed by atoms with Gasteiger partial charge in [0.25, 0.3) is 0 Å². The van der Waals surface area contributed by atoms with E-state index in [1.54, 1.807) is 42.5 Å². The molecule has 0 heterocycles. The number of Topliss-reactive ketones (excluding diaryl/α,β-unsaturated/α-hetero) is 1. The predicted molar refractivity (Wildman–Crippen MR) is 88.9 cm³/mol. The van der Waals surface area contributed by atoms with E-state index in [0.29, 0.717) is 20.5 Å². The maximum Gasteiger partial charge on any atom is 0.316 e. The number of esters is 1. The highest BCUT2D eigenvalue weighted by Gasteiger charge is 2.11. The molecule has 0 bridgehead atoms. The molecule has 0 aliphatic rings. The molecule has 0 aliphatic carbocycles. The standard InChI is InChI=1S/C16H12Cl2O3S/c17-12-6-7-13(18)15(8-12)22-10-16(20)21-9-14(19)11-4-2-1-3-5-11/h1-8H,9-10H2. The van der Waals surface area contributed by atoms with Crippen molar-refractivity contribution in [3.05, 3.63) is 64.1 Å². The number of carbonyl (C=O) groups excluding carboxylic acids is 2. The van der Waals surface area contributed by atoms with Gasteiger partial charge in [-0.3, -0.25) is 9.59 Å². The van der Waals surface area contributed by atoms with Crippen LogP contribution < -0.4 is 0 Å². The van der Waals surface area contributed by atoms with Gasteiger partial charge in [-0.25, -0.2) is 0 Å². The van der Waals surface area contributed by atoms with Crippen LogP contribution in [0.2, 0.25) is 10.0 Å². The van der Waals surface area contributed by atoms with E-state index >= 15 is 0 Å². The molecule has 3 nitrogen and oxygen atoms in total. The molecule has 0 amide bonds. The number of hydrogen-bond donors (Lipinski definition) is 0. The van der Waals surface area contributed by atoms with Gasteiger partial charge < -0.3 is 4.74 Å². The van der Waals surface area contributed by atoms with Crippen molar-refractivity contribution in [1.29, 1.82) is 0 Å². The molecule has 0 radical (unpaired) electrons. The summed E-state index contributed by atoms with van der Waals surface area (Å²) >= 11 is 13.1. The van der Waals surface area contributed by atoms with Crippen molar-refractivity contribution in [2.45, 2.75) is 4.90 Å². The van der Waals surface area contributed by atoms with Gasteiger partial charge in [-0.15, -0.1) is 11.8 Å². The van der Waals surface area contributed by atoms with Gasteiger partial charge in [0.1, 0.15) is 0 Å². The highest BCUT2D eigenvalue weighted by atomic mass is 35.5. The van der Waals surface area contributed by atoms with Crippen molar-refractivity contribution in [3.8, 4) is 0 Å². The fourth-order valence-electron chi connectivity index (χ4n) is 1.62. The average molecular weight is 355 g/mol. The summed E-state index contributed by atoms with van der Waals surface area (Å²) in [4.78, 5) is 24.2. The Morgan fingerprint density at radius 2 is 1.77 bits per heavy atom. The molecule has 2 rings (SSSR count). The molecule has 0 aromatic heterocycles. The van der Waals surface area contributed by atoms with Crippen molar-refractivity contribution in [2.75, 3.05) is 12.4 Å². The Morgan fingerprint density at radius 3 is 2.50 bits per heavy atom. The van der Waals surface area contributed by atoms with E-state index in [1.165, 1.54) is 11.8 Å². The minimum Gasteiger partial charge on any atom is -0.457 e. The summed E-state index contributed by atoms with van der Waals surface area (Å²) in [5.41, 5.74) is 0.515. The molecule has 2 aromatic carbocycles. The lowest BCUT2D eigenvalue weighted by Crippen LogP contribution is -2.15. The number of carbonyl (C=O) groups is 2. The predicted octanol–water partition coefficient (Wildman–Crippen LogP) is 4.51. The van der Waals surface area contributed by atoms with Crippen LogP contribution in [0.3, 0.4) is 0 Å². The largest absolute Gasteiger partial charge is 0.457 e. The maximum absolute atomic E-state index is 11.8. The molecule has 6 heteroatoms. The lowest BCUT2D eigenvalue weighted by molar-refractivity contribution is -0.139. The van der Waals surface area contributed by atoms with Crippen LogP contribution in [0.1, 0.15) is 10.4 Å². The van der Waals surface area contributed by atoms with Gasteiger partial charge in [-0.05, 0) is 18.2 Å². The van der Waals surface area contributed by atoms with Gasteiger partial charge >= 0.3 is 5.97 Å². The third-order valence-corrected chi connectivity index (χ3v) is 4.40. The van der Waals surface area contributed by atoms with Crippen LogP contribution in [0.4, 0.5) is 0 Å². The second-order valence-corrected chi connectivity index (χ2v) is 6.17. The minimum absolute atomic E-state index is 0.0577. The average Bonchev–Trinajstić information content (AvgIpc) is 2.54. The Hall–Kier alpha value is -1.49. The van der Waals surface area contributed by atoms with Gasteiger partial charge in [-0.1, -0.05) is 53.5 Å². The molecule has 0 N–H and O–H groups in total. The summed E-state index contributed by atoms with van der Waals surface area (Å²) in [7, 11) is 0. The van der Waals surface area contributed by atoms with E-state index in [4.69, 9.17) is 27.9 Å². The fourth-order valence-corrected chi connectivity index (χ4v) is 2.91. The van der Waals surface area contributed by atoms with Crippen molar-refractivity contribution >= 4 is 46.7 Å². The molecule has 2 aromatic rings. The van der Waals surface area contributed by atoms with Crippen molar-refractivity contribution in [3.63, 3.8) is 0 Å². The summed E-state index contributed by atoms with van der Waals surface area (Å²) in [6.45, 7) is -0.271. The zero-order valence-corrected chi connectivity index (χ0v) is 13.8. The number of halogens is 2. The van der Waals surface area contributed by atoms with Gasteiger partial charge in [0.05, 0.1) is 10.8 Å². The molecule has 0 unspecified atom stereocenters. The molecule has 22 heavy (non-hydrogen) atoms. The first-order valence-electron chi connectivity index (χ1n) is 6.38. The van der Waals surface area contributed by atoms with Crippen LogP contribution in [-0.2, 0) is 9.53 Å². The van der Waals surface area contributed by atoms with Crippen LogP contribution in [0.25, 0.3) is 0 Å². The summed E-state index contributed by atoms with van der Waals surface area (Å²) in [5, 5.41) is 1.06. The van der Waals surface area contributed by atoms with E-state index < -0.39 is 5.97 Å². The summed E-state index contributed by atoms with van der Waals surface area (Å²) < 4.78 is 4.96. The highest BCUT2D eigenvalue weighted by molar-refractivity contribution is 8.00. The molecule has 114 valence electrons. The summed E-state index contributed by atoms with van der Waals surface area (Å²) in [6.07, 6.45) is 0. The fraction of sp³-hybridized carbons (Fsp3) is 0.125. The first-order chi connectivity index (χ1) is 10.6. The lowest BCUT2D eigenvalue weighted by Gasteiger charge is -2.06. The topological polar surface area (TPSA) is 43.4 Å². The molecule has 0 atom stereocenters. The third kappa shape index (κ3) is 5.05. The number of rotatable bonds is 6. The second kappa shape index (κ2) is 8.22. The Morgan fingerprint density at radius 1 is 1.05 bits per heavy atom. The van der Waals surface area contributed by atoms with E-state index in [-0.39, 0.29) is 18.1 Å². The summed E-state index contributed by atoms with van der Waals surface area (Å²) in [6, 6.07) is 13.7. The van der Waals surface area contributed by atoms with Gasteiger partial charge in [0.2, 0.25) is 0 Å². The van der Waals surface area contributed by atoms with Crippen LogP contribution >= 0.6 is 35.0 Å². The smallest absolute Gasteiger partial charge is 0.316 e. The maximum atomic E-state index is 11.8.